The zero-order valence-electron chi connectivity index (χ0n) is 10.7. The molecule has 1 aromatic carbocycles. The fraction of sp³-hybridized carbons (Fsp3) is 0.267. The number of hydrogen-bond donors (Lipinski definition) is 0. The van der Waals surface area contributed by atoms with E-state index in [9.17, 15) is 13.6 Å². The monoisotopic (exact) mass is 293 g/mol. The van der Waals surface area contributed by atoms with Crippen molar-refractivity contribution >= 4 is 17.2 Å². The van der Waals surface area contributed by atoms with Crippen molar-refractivity contribution in [2.75, 3.05) is 6.54 Å². The molecule has 1 aliphatic rings. The number of benzene rings is 1. The minimum Gasteiger partial charge on any atom is -0.331 e. The van der Waals surface area contributed by atoms with Crippen molar-refractivity contribution in [2.24, 2.45) is 0 Å². The number of hydrogen-bond acceptors (Lipinski definition) is 2. The molecular formula is C15H13F2NOS. The van der Waals surface area contributed by atoms with Gasteiger partial charge in [0.05, 0.1) is 11.6 Å². The molecule has 3 rings (SSSR count). The predicted molar refractivity (Wildman–Crippen MR) is 73.7 cm³/mol. The van der Waals surface area contributed by atoms with E-state index in [-0.39, 0.29) is 11.6 Å². The second-order valence-corrected chi connectivity index (χ2v) is 5.59. The first-order chi connectivity index (χ1) is 9.68. The van der Waals surface area contributed by atoms with Crippen LogP contribution in [0, 0.1) is 11.6 Å². The summed E-state index contributed by atoms with van der Waals surface area (Å²) >= 11 is 1.57. The third kappa shape index (κ3) is 2.22. The fourth-order valence-corrected chi connectivity index (χ4v) is 3.35. The Morgan fingerprint density at radius 3 is 2.90 bits per heavy atom. The quantitative estimate of drug-likeness (QED) is 0.819. The molecule has 2 aromatic rings. The Kier molecular flexibility index (Phi) is 3.53. The molecule has 1 atom stereocenters. The molecule has 2 nitrogen and oxygen atoms in total. The summed E-state index contributed by atoms with van der Waals surface area (Å²) < 4.78 is 27.0. The van der Waals surface area contributed by atoms with Crippen LogP contribution < -0.4 is 0 Å². The predicted octanol–water partition coefficient (Wildman–Crippen LogP) is 4.00. The number of halogens is 2. The van der Waals surface area contributed by atoms with Gasteiger partial charge in [-0.15, -0.1) is 0 Å². The number of carbonyl (C=O) groups is 1. The van der Waals surface area contributed by atoms with E-state index in [1.165, 1.54) is 12.1 Å². The summed E-state index contributed by atoms with van der Waals surface area (Å²) in [5.74, 6) is -2.48. The van der Waals surface area contributed by atoms with Crippen LogP contribution in [0.15, 0.2) is 35.0 Å². The minimum atomic E-state index is -1.06. The van der Waals surface area contributed by atoms with Gasteiger partial charge < -0.3 is 4.90 Å². The molecule has 1 fully saturated rings. The first-order valence-corrected chi connectivity index (χ1v) is 7.40. The van der Waals surface area contributed by atoms with Crippen LogP contribution in [0.2, 0.25) is 0 Å². The van der Waals surface area contributed by atoms with Crippen molar-refractivity contribution in [1.82, 2.24) is 4.90 Å². The summed E-state index contributed by atoms with van der Waals surface area (Å²) in [5, 5.41) is 3.96. The Bertz CT molecular complexity index is 627. The highest BCUT2D eigenvalue weighted by Crippen LogP contribution is 2.34. The average Bonchev–Trinajstić information content (AvgIpc) is 3.10. The third-order valence-corrected chi connectivity index (χ3v) is 4.33. The van der Waals surface area contributed by atoms with E-state index in [2.05, 4.69) is 0 Å². The highest BCUT2D eigenvalue weighted by atomic mass is 32.1. The Balaban J connectivity index is 1.92. The van der Waals surface area contributed by atoms with Crippen LogP contribution in [-0.4, -0.2) is 17.4 Å². The largest absolute Gasteiger partial charge is 0.331 e. The molecule has 0 N–H and O–H groups in total. The van der Waals surface area contributed by atoms with E-state index in [0.29, 0.717) is 6.54 Å². The van der Waals surface area contributed by atoms with Gasteiger partial charge in [0.15, 0.2) is 11.6 Å². The zero-order chi connectivity index (χ0) is 14.1. The zero-order valence-corrected chi connectivity index (χ0v) is 11.5. The summed E-state index contributed by atoms with van der Waals surface area (Å²) in [6, 6.07) is 5.66. The number of likely N-dealkylation sites (tertiary alicyclic amines) is 1. The molecule has 0 spiro atoms. The standard InChI is InChI=1S/C15H13F2NOS/c16-12-4-1-3-11(14(12)17)15(19)18-7-2-5-13(18)10-6-8-20-9-10/h1,3-4,6,8-9,13H,2,5,7H2. The van der Waals surface area contributed by atoms with Gasteiger partial charge in [0.1, 0.15) is 0 Å². The van der Waals surface area contributed by atoms with E-state index < -0.39 is 17.5 Å². The molecule has 0 aliphatic carbocycles. The van der Waals surface area contributed by atoms with E-state index in [1.807, 2.05) is 16.8 Å². The number of rotatable bonds is 2. The van der Waals surface area contributed by atoms with Crippen molar-refractivity contribution in [1.29, 1.82) is 0 Å². The van der Waals surface area contributed by atoms with Gasteiger partial charge in [-0.1, -0.05) is 6.07 Å². The molecule has 20 heavy (non-hydrogen) atoms. The molecular weight excluding hydrogens is 280 g/mol. The van der Waals surface area contributed by atoms with Crippen molar-refractivity contribution in [3.8, 4) is 0 Å². The van der Waals surface area contributed by atoms with E-state index in [4.69, 9.17) is 0 Å². The van der Waals surface area contributed by atoms with Crippen molar-refractivity contribution in [2.45, 2.75) is 18.9 Å². The number of carbonyl (C=O) groups excluding carboxylic acids is 1. The maximum Gasteiger partial charge on any atom is 0.257 e. The maximum atomic E-state index is 13.8. The van der Waals surface area contributed by atoms with E-state index in [1.54, 1.807) is 16.2 Å². The Morgan fingerprint density at radius 2 is 2.15 bits per heavy atom. The summed E-state index contributed by atoms with van der Waals surface area (Å²) in [4.78, 5) is 14.1. The fourth-order valence-electron chi connectivity index (χ4n) is 2.64. The number of thiophene rings is 1. The van der Waals surface area contributed by atoms with Crippen LogP contribution in [0.5, 0.6) is 0 Å². The number of nitrogens with zero attached hydrogens (tertiary/aromatic N) is 1. The van der Waals surface area contributed by atoms with Crippen molar-refractivity contribution in [3.05, 3.63) is 57.8 Å². The van der Waals surface area contributed by atoms with Crippen LogP contribution >= 0.6 is 11.3 Å². The lowest BCUT2D eigenvalue weighted by atomic mass is 10.1. The van der Waals surface area contributed by atoms with Gasteiger partial charge in [-0.3, -0.25) is 4.79 Å². The van der Waals surface area contributed by atoms with Crippen LogP contribution in [0.4, 0.5) is 8.78 Å². The molecule has 104 valence electrons. The molecule has 1 saturated heterocycles. The van der Waals surface area contributed by atoms with Gasteiger partial charge in [0, 0.05) is 6.54 Å². The molecule has 1 amide bonds. The van der Waals surface area contributed by atoms with Gasteiger partial charge in [-0.2, -0.15) is 11.3 Å². The Hall–Kier alpha value is -1.75. The summed E-state index contributed by atoms with van der Waals surface area (Å²) in [5.41, 5.74) is 0.879. The summed E-state index contributed by atoms with van der Waals surface area (Å²) in [6.45, 7) is 0.579. The average molecular weight is 293 g/mol. The highest BCUT2D eigenvalue weighted by Gasteiger charge is 2.32. The Morgan fingerprint density at radius 1 is 1.30 bits per heavy atom. The summed E-state index contributed by atoms with van der Waals surface area (Å²) in [7, 11) is 0. The highest BCUT2D eigenvalue weighted by molar-refractivity contribution is 7.07. The smallest absolute Gasteiger partial charge is 0.257 e. The first kappa shape index (κ1) is 13.2. The molecule has 0 saturated carbocycles. The van der Waals surface area contributed by atoms with E-state index in [0.717, 1.165) is 24.5 Å². The van der Waals surface area contributed by atoms with Crippen LogP contribution in [-0.2, 0) is 0 Å². The maximum absolute atomic E-state index is 13.8. The lowest BCUT2D eigenvalue weighted by Gasteiger charge is -2.24. The second-order valence-electron chi connectivity index (χ2n) is 4.81. The van der Waals surface area contributed by atoms with Gasteiger partial charge in [0.25, 0.3) is 5.91 Å². The molecule has 1 aromatic heterocycles. The van der Waals surface area contributed by atoms with Gasteiger partial charge in [-0.05, 0) is 47.4 Å². The summed E-state index contributed by atoms with van der Waals surface area (Å²) in [6.07, 6.45) is 1.74. The molecule has 5 heteroatoms. The topological polar surface area (TPSA) is 20.3 Å². The van der Waals surface area contributed by atoms with Gasteiger partial charge in [-0.25, -0.2) is 8.78 Å². The Labute approximate surface area is 119 Å². The van der Waals surface area contributed by atoms with Crippen LogP contribution in [0.3, 0.4) is 0 Å². The lowest BCUT2D eigenvalue weighted by molar-refractivity contribution is 0.0730. The molecule has 0 radical (unpaired) electrons. The molecule has 2 heterocycles. The number of amides is 1. The van der Waals surface area contributed by atoms with Gasteiger partial charge >= 0.3 is 0 Å². The molecule has 1 aliphatic heterocycles. The van der Waals surface area contributed by atoms with Gasteiger partial charge in [0.2, 0.25) is 0 Å². The van der Waals surface area contributed by atoms with Crippen molar-refractivity contribution < 1.29 is 13.6 Å². The molecule has 0 bridgehead atoms. The first-order valence-electron chi connectivity index (χ1n) is 6.45. The normalized spacial score (nSPS) is 18.5. The van der Waals surface area contributed by atoms with Crippen molar-refractivity contribution in [3.63, 3.8) is 0 Å². The second kappa shape index (κ2) is 5.32. The third-order valence-electron chi connectivity index (χ3n) is 3.62. The van der Waals surface area contributed by atoms with Crippen LogP contribution in [0.1, 0.15) is 34.8 Å². The minimum absolute atomic E-state index is 0.0311. The SMILES string of the molecule is O=C(c1cccc(F)c1F)N1CCCC1c1ccsc1. The van der Waals surface area contributed by atoms with Crippen LogP contribution in [0.25, 0.3) is 0 Å². The van der Waals surface area contributed by atoms with E-state index >= 15 is 0 Å². The lowest BCUT2D eigenvalue weighted by Crippen LogP contribution is -2.31. The molecule has 1 unspecified atom stereocenters.